The smallest absolute Gasteiger partial charge is 0.316 e. The van der Waals surface area contributed by atoms with Gasteiger partial charge in [0.05, 0.1) is 74.6 Å². The zero-order valence-electron chi connectivity index (χ0n) is 51.4. The van der Waals surface area contributed by atoms with Crippen LogP contribution in [0.1, 0.15) is 136 Å². The molecular weight excluding hydrogens is 1160 g/mol. The second-order valence-corrected chi connectivity index (χ2v) is 23.2. The molecule has 1 unspecified atom stereocenters. The number of hydrogen-bond donors (Lipinski definition) is 4. The van der Waals surface area contributed by atoms with Crippen molar-refractivity contribution in [1.82, 2.24) is 25.3 Å². The number of hydrogen-bond acceptors (Lipinski definition) is 17. The summed E-state index contributed by atoms with van der Waals surface area (Å²) < 4.78 is 35.2. The number of benzene rings is 4. The van der Waals surface area contributed by atoms with Gasteiger partial charge in [-0.2, -0.15) is 5.26 Å². The Hall–Kier alpha value is -9.82. The Morgan fingerprint density at radius 3 is 2.06 bits per heavy atom. The highest BCUT2D eigenvalue weighted by Gasteiger charge is 2.47. The molecule has 5 aliphatic heterocycles. The number of methoxy groups -OCH3 is 2. The lowest BCUT2D eigenvalue weighted by Gasteiger charge is -2.28. The second-order valence-electron chi connectivity index (χ2n) is 23.2. The number of nitrogens with zero attached hydrogens (tertiary/aromatic N) is 5. The zero-order chi connectivity index (χ0) is 64.3. The van der Waals surface area contributed by atoms with Crippen LogP contribution in [0.15, 0.2) is 113 Å². The van der Waals surface area contributed by atoms with E-state index in [1.807, 2.05) is 26.1 Å². The fourth-order valence-electron chi connectivity index (χ4n) is 11.3. The number of aliphatic imine (C=N–C) groups is 1. The number of anilines is 1. The minimum Gasteiger partial charge on any atom is -0.493 e. The molecule has 4 aromatic carbocycles. The molecule has 4 N–H and O–H groups in total. The highest BCUT2D eigenvalue weighted by atomic mass is 16.5. The maximum absolute atomic E-state index is 14.3. The predicted octanol–water partition coefficient (Wildman–Crippen LogP) is 7.83. The number of esters is 1. The molecule has 0 bridgehead atoms. The molecule has 90 heavy (non-hydrogen) atoms. The number of ether oxygens (including phenoxy) is 6. The van der Waals surface area contributed by atoms with Crippen molar-refractivity contribution in [2.45, 2.75) is 135 Å². The van der Waals surface area contributed by atoms with E-state index >= 15 is 0 Å². The quantitative estimate of drug-likeness (QED) is 0.0251. The monoisotopic (exact) mass is 1230 g/mol. The van der Waals surface area contributed by atoms with Gasteiger partial charge in [0.15, 0.2) is 28.8 Å². The molecule has 0 aromatic heterocycles. The summed E-state index contributed by atoms with van der Waals surface area (Å²) in [5.41, 5.74) is 4.62. The van der Waals surface area contributed by atoms with E-state index in [-0.39, 0.29) is 78.3 Å². The van der Waals surface area contributed by atoms with Gasteiger partial charge in [-0.1, -0.05) is 43.5 Å². The van der Waals surface area contributed by atoms with Gasteiger partial charge in [-0.05, 0) is 137 Å². The van der Waals surface area contributed by atoms with Crippen LogP contribution in [0.3, 0.4) is 0 Å². The van der Waals surface area contributed by atoms with E-state index < -0.39 is 65.7 Å². The average molecular weight is 1230 g/mol. The first-order valence-corrected chi connectivity index (χ1v) is 30.1. The summed E-state index contributed by atoms with van der Waals surface area (Å²) in [6.07, 6.45) is 9.52. The largest absolute Gasteiger partial charge is 0.493 e. The Kier molecular flexibility index (Phi) is 20.8. The summed E-state index contributed by atoms with van der Waals surface area (Å²) in [6.45, 7) is 9.36. The number of nitrogens with one attached hydrogen (secondary N) is 3. The Labute approximate surface area is 521 Å². The molecule has 23 nitrogen and oxygen atoms in total. The number of nitriles is 1. The van der Waals surface area contributed by atoms with E-state index in [1.54, 1.807) is 73.6 Å². The van der Waals surface area contributed by atoms with E-state index in [0.29, 0.717) is 96.9 Å². The molecule has 0 aliphatic carbocycles. The lowest BCUT2D eigenvalue weighted by atomic mass is 9.86. The van der Waals surface area contributed by atoms with E-state index in [2.05, 4.69) is 20.9 Å². The Morgan fingerprint density at radius 1 is 0.733 bits per heavy atom. The normalized spacial score (nSPS) is 18.8. The molecule has 0 saturated carbocycles. The van der Waals surface area contributed by atoms with Crippen LogP contribution in [0.2, 0.25) is 0 Å². The van der Waals surface area contributed by atoms with Gasteiger partial charge < -0.3 is 59.3 Å². The molecule has 0 radical (unpaired) electrons. The number of carbonyl (C=O) groups excluding carboxylic acids is 8. The van der Waals surface area contributed by atoms with Crippen molar-refractivity contribution in [2.75, 3.05) is 39.3 Å². The number of carbonyl (C=O) groups is 8. The highest BCUT2D eigenvalue weighted by Crippen LogP contribution is 2.44. The summed E-state index contributed by atoms with van der Waals surface area (Å²) >= 11 is 0. The van der Waals surface area contributed by atoms with E-state index in [4.69, 9.17) is 33.7 Å². The Balaban J connectivity index is 0.732. The topological polar surface area (TPSA) is 294 Å². The van der Waals surface area contributed by atoms with Gasteiger partial charge in [0, 0.05) is 48.9 Å². The highest BCUT2D eigenvalue weighted by molar-refractivity contribution is 6.15. The molecule has 472 valence electrons. The Bertz CT molecular complexity index is 3610. The van der Waals surface area contributed by atoms with Gasteiger partial charge in [-0.3, -0.25) is 48.2 Å². The summed E-state index contributed by atoms with van der Waals surface area (Å²) in [6, 6.07) is 18.2. The van der Waals surface area contributed by atoms with Gasteiger partial charge in [0.1, 0.15) is 30.4 Å². The second kappa shape index (κ2) is 29.0. The van der Waals surface area contributed by atoms with Crippen molar-refractivity contribution < 1.29 is 71.9 Å². The van der Waals surface area contributed by atoms with Crippen molar-refractivity contribution in [1.29, 1.82) is 5.26 Å². The molecule has 5 aliphatic rings. The van der Waals surface area contributed by atoms with Gasteiger partial charge in [-0.15, -0.1) is 0 Å². The van der Waals surface area contributed by atoms with Crippen molar-refractivity contribution in [3.05, 3.63) is 136 Å². The number of amides is 7. The van der Waals surface area contributed by atoms with Gasteiger partial charge in [0.25, 0.3) is 23.6 Å². The molecule has 6 atom stereocenters. The first kappa shape index (κ1) is 64.6. The van der Waals surface area contributed by atoms with Crippen LogP contribution < -0.4 is 39.6 Å². The minimum atomic E-state index is -1.36. The molecule has 4 aromatic rings. The van der Waals surface area contributed by atoms with Crippen LogP contribution in [0.5, 0.6) is 28.7 Å². The summed E-state index contributed by atoms with van der Waals surface area (Å²) in [5.74, 6) is -3.94. The fraction of sp³-hybridized carbons (Fsp3) is 0.403. The molecule has 23 heteroatoms. The van der Waals surface area contributed by atoms with Gasteiger partial charge in [-0.25, -0.2) is 0 Å². The predicted molar refractivity (Wildman–Crippen MR) is 329 cm³/mol. The molecular formula is C67H74N8O15. The van der Waals surface area contributed by atoms with Crippen LogP contribution in [0.25, 0.3) is 0 Å². The standard InChI is InChI=1S/C67H74N8O15/c1-38(2)60(72-57(76)14-10-8-11-23-73-58(77)32-56(66(73)83)90-46-21-17-42(33-68)18-22-46)63(80)70-41(5)62(79)71-44-19-15-43(16-20-44)37-89-67(84)59-47-28-54(52(85-6)29-48(47)64(81)75-36-40(4)27-51(75)61(59)78)87-24-12-9-13-25-88-55-31-50-49(30-53(55)86-7)65(82)74-35-39(3)26-45(74)34-69-50/h15-22,28-32,34-36,38,41,45,51,59-61,78H,8-14,23-27,37H2,1-7H3,(H,70,80)(H,71,79)(H,72,76)/t41-,45-,51-,59?,60-,61-/m1/s1. The van der Waals surface area contributed by atoms with Crippen LogP contribution in [-0.4, -0.2) is 138 Å². The molecule has 0 saturated heterocycles. The number of fused-ring (bicyclic) bond motifs is 4. The maximum Gasteiger partial charge on any atom is 0.316 e. The molecule has 9 rings (SSSR count). The van der Waals surface area contributed by atoms with Crippen molar-refractivity contribution in [3.63, 3.8) is 0 Å². The van der Waals surface area contributed by atoms with E-state index in [0.717, 1.165) is 28.5 Å². The van der Waals surface area contributed by atoms with Crippen molar-refractivity contribution >= 4 is 64.9 Å². The average Bonchev–Trinajstić information content (AvgIpc) is 1.59. The summed E-state index contributed by atoms with van der Waals surface area (Å²) in [5, 5.41) is 29.2. The van der Waals surface area contributed by atoms with E-state index in [9.17, 15) is 43.5 Å². The van der Waals surface area contributed by atoms with Gasteiger partial charge >= 0.3 is 5.97 Å². The van der Waals surface area contributed by atoms with Crippen molar-refractivity contribution in [2.24, 2.45) is 10.9 Å². The number of unbranched alkanes of at least 4 members (excludes halogenated alkanes) is 4. The lowest BCUT2D eigenvalue weighted by Crippen LogP contribution is -2.53. The minimum absolute atomic E-state index is 0.0763. The molecule has 5 heterocycles. The first-order valence-electron chi connectivity index (χ1n) is 30.1. The molecule has 0 spiro atoms. The number of aliphatic hydroxyl groups excluding tert-OH is 1. The molecule has 0 fully saturated rings. The van der Waals surface area contributed by atoms with Gasteiger partial charge in [0.2, 0.25) is 17.7 Å². The lowest BCUT2D eigenvalue weighted by molar-refractivity contribution is -0.150. The summed E-state index contributed by atoms with van der Waals surface area (Å²) in [4.78, 5) is 116. The van der Waals surface area contributed by atoms with E-state index in [1.165, 1.54) is 56.4 Å². The number of imide groups is 1. The number of aliphatic hydroxyl groups is 1. The van der Waals surface area contributed by atoms with Crippen LogP contribution in [0.4, 0.5) is 11.4 Å². The summed E-state index contributed by atoms with van der Waals surface area (Å²) in [7, 11) is 2.97. The molecule has 7 amide bonds. The zero-order valence-corrected chi connectivity index (χ0v) is 51.4. The SMILES string of the molecule is COc1cc2c(cc1OCCCCCOc1cc3c(cc1OC)C(=O)N1C=C(C)C[C@@H]1[C@@H](O)C3C(=O)OCc1ccc(NC(=O)[C@@H](C)NC(=O)[C@H](NC(=O)CCCCCN3C(=O)C=C(Oc4ccc(C#N)cc4)C3=O)C(C)C)cc1)N=C[C@H]1CC(C)=CN1C2=O. The van der Waals surface area contributed by atoms with Crippen LogP contribution in [0, 0.1) is 17.2 Å². The first-order chi connectivity index (χ1) is 43.2. The third kappa shape index (κ3) is 15.0. The van der Waals surface area contributed by atoms with Crippen LogP contribution in [-0.2, 0) is 40.1 Å². The number of rotatable bonds is 27. The van der Waals surface area contributed by atoms with Crippen LogP contribution >= 0.6 is 0 Å². The Morgan fingerprint density at radius 2 is 1.38 bits per heavy atom. The van der Waals surface area contributed by atoms with Crippen molar-refractivity contribution in [3.8, 4) is 34.8 Å². The maximum atomic E-state index is 14.3. The fourth-order valence-corrected chi connectivity index (χ4v) is 11.3. The third-order valence-electron chi connectivity index (χ3n) is 16.2. The third-order valence-corrected chi connectivity index (χ3v) is 16.2.